The lowest BCUT2D eigenvalue weighted by Gasteiger charge is -2.33. The van der Waals surface area contributed by atoms with Gasteiger partial charge in [0.1, 0.15) is 5.82 Å². The zero-order chi connectivity index (χ0) is 19.7. The number of nitrogens with zero attached hydrogens (tertiary/aromatic N) is 4. The number of para-hydroxylation sites is 1. The lowest BCUT2D eigenvalue weighted by atomic mass is 10.1. The van der Waals surface area contributed by atoms with Crippen LogP contribution >= 0.6 is 12.2 Å². The van der Waals surface area contributed by atoms with Crippen molar-refractivity contribution in [3.05, 3.63) is 40.9 Å². The quantitative estimate of drug-likeness (QED) is 0.702. The summed E-state index contributed by atoms with van der Waals surface area (Å²) in [7, 11) is -0.923. The molecule has 0 radical (unpaired) electrons. The number of hydrogen-bond acceptors (Lipinski definition) is 5. The molecule has 0 saturated carbocycles. The largest absolute Gasteiger partial charge is 0.360 e. The van der Waals surface area contributed by atoms with Crippen molar-refractivity contribution in [3.8, 4) is 0 Å². The molecule has 2 aliphatic heterocycles. The van der Waals surface area contributed by atoms with E-state index >= 15 is 0 Å². The first-order valence-electron chi connectivity index (χ1n) is 9.88. The van der Waals surface area contributed by atoms with Crippen LogP contribution in [0, 0.1) is 10.7 Å². The van der Waals surface area contributed by atoms with Crippen molar-refractivity contribution in [1.82, 2.24) is 14.3 Å². The van der Waals surface area contributed by atoms with Crippen LogP contribution < -0.4 is 9.80 Å². The molecule has 0 spiro atoms. The summed E-state index contributed by atoms with van der Waals surface area (Å²) in [5.41, 5.74) is 1.28. The van der Waals surface area contributed by atoms with Gasteiger partial charge in [0.2, 0.25) is 4.77 Å². The first kappa shape index (κ1) is 19.6. The van der Waals surface area contributed by atoms with E-state index in [4.69, 9.17) is 17.3 Å². The highest BCUT2D eigenvalue weighted by molar-refractivity contribution is 7.91. The third-order valence-corrected chi connectivity index (χ3v) is 8.22. The van der Waals surface area contributed by atoms with Gasteiger partial charge in [0.15, 0.2) is 16.5 Å². The van der Waals surface area contributed by atoms with E-state index in [-0.39, 0.29) is 11.7 Å². The van der Waals surface area contributed by atoms with Crippen molar-refractivity contribution < 1.29 is 13.3 Å². The van der Waals surface area contributed by atoms with Crippen molar-refractivity contribution in [2.75, 3.05) is 42.6 Å². The molecule has 0 amide bonds. The fourth-order valence-electron chi connectivity index (χ4n) is 4.19. The zero-order valence-electron chi connectivity index (χ0n) is 16.2. The molecule has 1 N–H and O–H groups in total. The van der Waals surface area contributed by atoms with E-state index in [9.17, 15) is 8.42 Å². The van der Waals surface area contributed by atoms with Gasteiger partial charge in [0, 0.05) is 19.2 Å². The highest BCUT2D eigenvalue weighted by Crippen LogP contribution is 2.22. The standard InChI is InChI=1S/C19H27N5O2S2/c1-21-18(13-16-7-12-28(25,26)14-16)20-24(19(21)27)15-22-8-10-23(11-9-22)17-5-3-2-4-6-17/h2-6,16H,7-15H2,1H3/p+1/t16-/m0/s1. The molecule has 4 rings (SSSR count). The van der Waals surface area contributed by atoms with Crippen molar-refractivity contribution in [1.29, 1.82) is 0 Å². The molecule has 0 aliphatic carbocycles. The minimum absolute atomic E-state index is 0.163. The van der Waals surface area contributed by atoms with E-state index in [1.807, 2.05) is 22.4 Å². The Morgan fingerprint density at radius 2 is 1.93 bits per heavy atom. The molecule has 2 aliphatic rings. The Morgan fingerprint density at radius 1 is 1.21 bits per heavy atom. The van der Waals surface area contributed by atoms with Gasteiger partial charge in [-0.15, -0.1) is 0 Å². The Bertz CT molecular complexity index is 975. The monoisotopic (exact) mass is 422 g/mol. The van der Waals surface area contributed by atoms with Crippen LogP contribution in [0.2, 0.25) is 0 Å². The maximum absolute atomic E-state index is 11.7. The first-order chi connectivity index (χ1) is 13.4. The molecule has 0 unspecified atom stereocenters. The molecular formula is C19H28N5O2S2+. The summed E-state index contributed by atoms with van der Waals surface area (Å²) in [5, 5.41) is 4.74. The third-order valence-electron chi connectivity index (χ3n) is 5.89. The molecule has 152 valence electrons. The lowest BCUT2D eigenvalue weighted by Crippen LogP contribution is -3.14. The highest BCUT2D eigenvalue weighted by Gasteiger charge is 2.29. The summed E-state index contributed by atoms with van der Waals surface area (Å²) in [6, 6.07) is 10.5. The number of sulfone groups is 1. The van der Waals surface area contributed by atoms with E-state index in [1.54, 1.807) is 0 Å². The Labute approximate surface area is 171 Å². The Morgan fingerprint density at radius 3 is 2.57 bits per heavy atom. The summed E-state index contributed by atoms with van der Waals surface area (Å²) in [4.78, 5) is 3.89. The Hall–Kier alpha value is -1.71. The molecule has 0 bridgehead atoms. The van der Waals surface area contributed by atoms with E-state index in [0.717, 1.165) is 45.1 Å². The van der Waals surface area contributed by atoms with Crippen molar-refractivity contribution >= 4 is 27.7 Å². The number of nitrogens with one attached hydrogen (secondary N) is 1. The van der Waals surface area contributed by atoms with Crippen LogP contribution in [-0.2, 0) is 30.0 Å². The Balaban J connectivity index is 1.37. The molecule has 2 saturated heterocycles. The van der Waals surface area contributed by atoms with Crippen LogP contribution in [0.4, 0.5) is 5.69 Å². The molecule has 28 heavy (non-hydrogen) atoms. The van der Waals surface area contributed by atoms with Gasteiger partial charge in [0.25, 0.3) is 0 Å². The van der Waals surface area contributed by atoms with Gasteiger partial charge in [-0.2, -0.15) is 9.78 Å². The van der Waals surface area contributed by atoms with E-state index in [2.05, 4.69) is 29.2 Å². The number of anilines is 1. The maximum atomic E-state index is 11.7. The minimum atomic E-state index is -2.86. The SMILES string of the molecule is Cn1c(C[C@@H]2CCS(=O)(=O)C2)nn(C[NH+]2CCN(c3ccccc3)CC2)c1=S. The molecule has 2 fully saturated rings. The first-order valence-corrected chi connectivity index (χ1v) is 12.1. The summed E-state index contributed by atoms with van der Waals surface area (Å²) in [5.74, 6) is 1.64. The molecule has 1 aromatic heterocycles. The van der Waals surface area contributed by atoms with Crippen molar-refractivity contribution in [2.24, 2.45) is 13.0 Å². The second-order valence-corrected chi connectivity index (χ2v) is 10.6. The van der Waals surface area contributed by atoms with Crippen LogP contribution in [0.25, 0.3) is 0 Å². The van der Waals surface area contributed by atoms with Gasteiger partial charge in [0.05, 0.1) is 37.7 Å². The van der Waals surface area contributed by atoms with Crippen molar-refractivity contribution in [2.45, 2.75) is 19.5 Å². The molecule has 1 aromatic carbocycles. The molecule has 7 nitrogen and oxygen atoms in total. The van der Waals surface area contributed by atoms with Crippen molar-refractivity contribution in [3.63, 3.8) is 0 Å². The molecule has 3 heterocycles. The van der Waals surface area contributed by atoms with Crippen LogP contribution in [0.3, 0.4) is 0 Å². The molecule has 1 atom stereocenters. The van der Waals surface area contributed by atoms with E-state index < -0.39 is 9.84 Å². The number of aromatic nitrogens is 3. The third kappa shape index (κ3) is 4.31. The number of rotatable bonds is 5. The predicted molar refractivity (Wildman–Crippen MR) is 112 cm³/mol. The van der Waals surface area contributed by atoms with E-state index in [1.165, 1.54) is 10.6 Å². The summed E-state index contributed by atoms with van der Waals surface area (Å²) >= 11 is 5.59. The maximum Gasteiger partial charge on any atom is 0.202 e. The lowest BCUT2D eigenvalue weighted by molar-refractivity contribution is -0.924. The fourth-order valence-corrected chi connectivity index (χ4v) is 6.27. The van der Waals surface area contributed by atoms with Gasteiger partial charge in [-0.25, -0.2) is 8.42 Å². The summed E-state index contributed by atoms with van der Waals surface area (Å²) in [6.07, 6.45) is 1.41. The second kappa shape index (κ2) is 7.96. The zero-order valence-corrected chi connectivity index (χ0v) is 17.9. The number of quaternary nitrogens is 1. The van der Waals surface area contributed by atoms with Crippen LogP contribution in [-0.4, -0.2) is 60.5 Å². The molecule has 2 aromatic rings. The number of benzene rings is 1. The predicted octanol–water partition coefficient (Wildman–Crippen LogP) is 0.291. The van der Waals surface area contributed by atoms with Gasteiger partial charge in [-0.1, -0.05) is 18.2 Å². The molecular weight excluding hydrogens is 394 g/mol. The number of piperazine rings is 1. The molecule has 9 heteroatoms. The van der Waals surface area contributed by atoms with Crippen LogP contribution in [0.15, 0.2) is 30.3 Å². The Kier molecular flexibility index (Phi) is 5.57. The van der Waals surface area contributed by atoms with Gasteiger partial charge >= 0.3 is 0 Å². The smallest absolute Gasteiger partial charge is 0.202 e. The average molecular weight is 423 g/mol. The normalized spacial score (nSPS) is 22.6. The van der Waals surface area contributed by atoms with Crippen LogP contribution in [0.1, 0.15) is 12.2 Å². The summed E-state index contributed by atoms with van der Waals surface area (Å²) < 4.78 is 28.0. The van der Waals surface area contributed by atoms with Crippen LogP contribution in [0.5, 0.6) is 0 Å². The minimum Gasteiger partial charge on any atom is -0.360 e. The average Bonchev–Trinajstić information content (AvgIpc) is 3.17. The van der Waals surface area contributed by atoms with E-state index in [0.29, 0.717) is 16.9 Å². The fraction of sp³-hybridized carbons (Fsp3) is 0.579. The topological polar surface area (TPSA) is 64.6 Å². The van der Waals surface area contributed by atoms with Gasteiger partial charge in [-0.05, 0) is 36.7 Å². The number of hydrogen-bond donors (Lipinski definition) is 1. The second-order valence-electron chi connectivity index (χ2n) is 7.96. The highest BCUT2D eigenvalue weighted by atomic mass is 32.2. The van der Waals surface area contributed by atoms with Gasteiger partial charge < -0.3 is 14.4 Å². The van der Waals surface area contributed by atoms with Gasteiger partial charge in [-0.3, -0.25) is 0 Å². The summed E-state index contributed by atoms with van der Waals surface area (Å²) in [6.45, 7) is 4.89.